The summed E-state index contributed by atoms with van der Waals surface area (Å²) < 4.78 is 1.86. The topological polar surface area (TPSA) is 56.7 Å². The molecule has 2 heterocycles. The minimum Gasteiger partial charge on any atom is -0.389 e. The zero-order valence-corrected chi connectivity index (χ0v) is 12.3. The SMILES string of the molecule is CCc1cc(CC)n(-c2nc(C)ccc2C(N)=S)n1. The average Bonchev–Trinajstić information content (AvgIpc) is 2.81. The molecule has 0 amide bonds. The average molecular weight is 274 g/mol. The molecule has 0 spiro atoms. The molecule has 2 rings (SSSR count). The number of hydrogen-bond acceptors (Lipinski definition) is 3. The Hall–Kier alpha value is -1.75. The van der Waals surface area contributed by atoms with Crippen LogP contribution in [0.5, 0.6) is 0 Å². The number of rotatable bonds is 4. The van der Waals surface area contributed by atoms with Crippen LogP contribution in [0.15, 0.2) is 18.2 Å². The lowest BCUT2D eigenvalue weighted by Crippen LogP contribution is -2.17. The molecule has 0 bridgehead atoms. The van der Waals surface area contributed by atoms with Crippen LogP contribution in [0.3, 0.4) is 0 Å². The Bertz CT molecular complexity index is 616. The van der Waals surface area contributed by atoms with Crippen molar-refractivity contribution in [2.75, 3.05) is 0 Å². The molecule has 0 atom stereocenters. The van der Waals surface area contributed by atoms with Crippen LogP contribution in [0.1, 0.15) is 36.5 Å². The van der Waals surface area contributed by atoms with Gasteiger partial charge in [-0.05, 0) is 38.0 Å². The van der Waals surface area contributed by atoms with Crippen molar-refractivity contribution >= 4 is 17.2 Å². The fourth-order valence-corrected chi connectivity index (χ4v) is 2.14. The van der Waals surface area contributed by atoms with Gasteiger partial charge in [0.15, 0.2) is 5.82 Å². The second kappa shape index (κ2) is 5.48. The van der Waals surface area contributed by atoms with Crippen LogP contribution >= 0.6 is 12.2 Å². The zero-order valence-electron chi connectivity index (χ0n) is 11.5. The Balaban J connectivity index is 2.66. The van der Waals surface area contributed by atoms with Gasteiger partial charge in [0.1, 0.15) is 4.99 Å². The summed E-state index contributed by atoms with van der Waals surface area (Å²) in [6, 6.07) is 5.92. The van der Waals surface area contributed by atoms with Crippen LogP contribution in [-0.4, -0.2) is 19.8 Å². The first-order valence-electron chi connectivity index (χ1n) is 6.42. The summed E-state index contributed by atoms with van der Waals surface area (Å²) in [6.07, 6.45) is 1.79. The third kappa shape index (κ3) is 2.66. The summed E-state index contributed by atoms with van der Waals surface area (Å²) in [4.78, 5) is 4.90. The van der Waals surface area contributed by atoms with E-state index in [-0.39, 0.29) is 0 Å². The van der Waals surface area contributed by atoms with Gasteiger partial charge in [0.25, 0.3) is 0 Å². The third-order valence-corrected chi connectivity index (χ3v) is 3.26. The number of aryl methyl sites for hydroxylation is 3. The summed E-state index contributed by atoms with van der Waals surface area (Å²) in [5.74, 6) is 0.726. The number of pyridine rings is 1. The van der Waals surface area contributed by atoms with Crippen molar-refractivity contribution in [1.29, 1.82) is 0 Å². The first-order valence-corrected chi connectivity index (χ1v) is 6.83. The summed E-state index contributed by atoms with van der Waals surface area (Å²) in [5.41, 5.74) is 9.64. The molecular formula is C14H18N4S. The number of aromatic nitrogens is 3. The van der Waals surface area contributed by atoms with Crippen molar-refractivity contribution in [2.45, 2.75) is 33.6 Å². The monoisotopic (exact) mass is 274 g/mol. The lowest BCUT2D eigenvalue weighted by Gasteiger charge is -2.10. The normalized spacial score (nSPS) is 10.7. The highest BCUT2D eigenvalue weighted by molar-refractivity contribution is 7.80. The first-order chi connectivity index (χ1) is 9.06. The van der Waals surface area contributed by atoms with E-state index in [0.29, 0.717) is 4.99 Å². The predicted molar refractivity (Wildman–Crippen MR) is 80.7 cm³/mol. The van der Waals surface area contributed by atoms with Crippen LogP contribution in [0, 0.1) is 6.92 Å². The molecule has 19 heavy (non-hydrogen) atoms. The van der Waals surface area contributed by atoms with Crippen LogP contribution in [0.25, 0.3) is 5.82 Å². The fraction of sp³-hybridized carbons (Fsp3) is 0.357. The summed E-state index contributed by atoms with van der Waals surface area (Å²) in [5, 5.41) is 4.59. The van der Waals surface area contributed by atoms with E-state index in [2.05, 4.69) is 30.0 Å². The van der Waals surface area contributed by atoms with E-state index < -0.39 is 0 Å². The fourth-order valence-electron chi connectivity index (χ4n) is 1.98. The van der Waals surface area contributed by atoms with Gasteiger partial charge in [0.05, 0.1) is 11.3 Å². The van der Waals surface area contributed by atoms with E-state index in [1.807, 2.05) is 23.7 Å². The quantitative estimate of drug-likeness (QED) is 0.869. The molecule has 0 saturated heterocycles. The molecule has 0 saturated carbocycles. The molecule has 2 aromatic rings. The number of nitrogens with two attached hydrogens (primary N) is 1. The lowest BCUT2D eigenvalue weighted by molar-refractivity contribution is 0.767. The second-order valence-electron chi connectivity index (χ2n) is 4.43. The smallest absolute Gasteiger partial charge is 0.164 e. The van der Waals surface area contributed by atoms with Crippen LogP contribution in [-0.2, 0) is 12.8 Å². The largest absolute Gasteiger partial charge is 0.389 e. The van der Waals surface area contributed by atoms with Crippen molar-refractivity contribution in [2.24, 2.45) is 5.73 Å². The molecule has 2 aromatic heterocycles. The van der Waals surface area contributed by atoms with Gasteiger partial charge in [0.2, 0.25) is 0 Å². The molecule has 0 aliphatic heterocycles. The summed E-state index contributed by atoms with van der Waals surface area (Å²) in [6.45, 7) is 6.14. The van der Waals surface area contributed by atoms with Gasteiger partial charge in [-0.15, -0.1) is 0 Å². The van der Waals surface area contributed by atoms with E-state index in [4.69, 9.17) is 18.0 Å². The van der Waals surface area contributed by atoms with Crippen molar-refractivity contribution in [3.63, 3.8) is 0 Å². The Morgan fingerprint density at radius 3 is 2.63 bits per heavy atom. The standard InChI is InChI=1S/C14H18N4S/c1-4-10-8-11(5-2)18(17-10)14-12(13(15)19)7-6-9(3)16-14/h6-8H,4-5H2,1-3H3,(H2,15,19). The highest BCUT2D eigenvalue weighted by Gasteiger charge is 2.14. The lowest BCUT2D eigenvalue weighted by atomic mass is 10.2. The first kappa shape index (κ1) is 13.7. The molecular weight excluding hydrogens is 256 g/mol. The maximum absolute atomic E-state index is 5.78. The van der Waals surface area contributed by atoms with E-state index in [1.54, 1.807) is 0 Å². The number of thiocarbonyl (C=S) groups is 1. The Morgan fingerprint density at radius 2 is 2.05 bits per heavy atom. The highest BCUT2D eigenvalue weighted by atomic mass is 32.1. The van der Waals surface area contributed by atoms with Gasteiger partial charge in [-0.2, -0.15) is 5.10 Å². The van der Waals surface area contributed by atoms with Crippen LogP contribution in [0.4, 0.5) is 0 Å². The van der Waals surface area contributed by atoms with Crippen molar-refractivity contribution in [3.8, 4) is 5.82 Å². The summed E-state index contributed by atoms with van der Waals surface area (Å²) >= 11 is 5.10. The summed E-state index contributed by atoms with van der Waals surface area (Å²) in [7, 11) is 0. The number of nitrogens with zero attached hydrogens (tertiary/aromatic N) is 3. The minimum atomic E-state index is 0.345. The maximum atomic E-state index is 5.78. The Morgan fingerprint density at radius 1 is 1.32 bits per heavy atom. The van der Waals surface area contributed by atoms with Gasteiger partial charge in [0, 0.05) is 11.4 Å². The second-order valence-corrected chi connectivity index (χ2v) is 4.87. The van der Waals surface area contributed by atoms with Crippen molar-refractivity contribution in [3.05, 3.63) is 40.8 Å². The molecule has 0 fully saturated rings. The molecule has 0 radical (unpaired) electrons. The maximum Gasteiger partial charge on any atom is 0.164 e. The molecule has 0 aliphatic rings. The molecule has 0 aromatic carbocycles. The molecule has 4 nitrogen and oxygen atoms in total. The Kier molecular flexibility index (Phi) is 3.95. The van der Waals surface area contributed by atoms with Gasteiger partial charge in [-0.3, -0.25) is 0 Å². The molecule has 0 aliphatic carbocycles. The van der Waals surface area contributed by atoms with E-state index in [0.717, 1.165) is 41.3 Å². The van der Waals surface area contributed by atoms with Gasteiger partial charge in [-0.1, -0.05) is 26.1 Å². The van der Waals surface area contributed by atoms with Crippen molar-refractivity contribution < 1.29 is 0 Å². The number of hydrogen-bond donors (Lipinski definition) is 1. The Labute approximate surface area is 118 Å². The highest BCUT2D eigenvalue weighted by Crippen LogP contribution is 2.17. The molecule has 0 unspecified atom stereocenters. The van der Waals surface area contributed by atoms with Gasteiger partial charge >= 0.3 is 0 Å². The third-order valence-electron chi connectivity index (χ3n) is 3.04. The van der Waals surface area contributed by atoms with Gasteiger partial charge < -0.3 is 5.73 Å². The van der Waals surface area contributed by atoms with Crippen LogP contribution in [0.2, 0.25) is 0 Å². The van der Waals surface area contributed by atoms with Crippen molar-refractivity contribution in [1.82, 2.24) is 14.8 Å². The molecule has 100 valence electrons. The molecule has 5 heteroatoms. The van der Waals surface area contributed by atoms with E-state index >= 15 is 0 Å². The zero-order chi connectivity index (χ0) is 14.0. The minimum absolute atomic E-state index is 0.345. The van der Waals surface area contributed by atoms with Gasteiger partial charge in [-0.25, -0.2) is 9.67 Å². The van der Waals surface area contributed by atoms with E-state index in [1.165, 1.54) is 0 Å². The van der Waals surface area contributed by atoms with Crippen LogP contribution < -0.4 is 5.73 Å². The predicted octanol–water partition coefficient (Wildman–Crippen LogP) is 2.33. The molecule has 2 N–H and O–H groups in total. The van der Waals surface area contributed by atoms with E-state index in [9.17, 15) is 0 Å².